The van der Waals surface area contributed by atoms with Crippen LogP contribution in [0.1, 0.15) is 5.56 Å². The molecule has 2 rings (SSSR count). The van der Waals surface area contributed by atoms with Gasteiger partial charge in [0.25, 0.3) is 5.56 Å². The Morgan fingerprint density at radius 2 is 2.16 bits per heavy atom. The normalized spacial score (nSPS) is 10.5. The fourth-order valence-electron chi connectivity index (χ4n) is 1.83. The van der Waals surface area contributed by atoms with E-state index in [1.54, 1.807) is 10.8 Å². The van der Waals surface area contributed by atoms with E-state index in [2.05, 4.69) is 21.2 Å². The minimum Gasteiger partial charge on any atom is -0.383 e. The number of aryl methyl sites for hydroxylation is 1. The van der Waals surface area contributed by atoms with Crippen LogP contribution in [0.2, 0.25) is 5.02 Å². The average Bonchev–Trinajstić information content (AvgIpc) is 2.35. The SMILES string of the molecule is Cc1cc(Br)cn(CCNc2cccc(Cl)c2)c1=O. The molecule has 0 aliphatic heterocycles. The van der Waals surface area contributed by atoms with Crippen molar-refractivity contribution in [2.24, 2.45) is 0 Å². The third kappa shape index (κ3) is 3.85. The summed E-state index contributed by atoms with van der Waals surface area (Å²) in [6.45, 7) is 3.08. The molecular formula is C14H14BrClN2O. The van der Waals surface area contributed by atoms with Gasteiger partial charge in [0.1, 0.15) is 0 Å². The number of hydrogen-bond acceptors (Lipinski definition) is 2. The Kier molecular flexibility index (Phi) is 4.66. The van der Waals surface area contributed by atoms with E-state index in [4.69, 9.17) is 11.6 Å². The summed E-state index contributed by atoms with van der Waals surface area (Å²) in [7, 11) is 0. The second-order valence-corrected chi connectivity index (χ2v) is 5.63. The number of rotatable bonds is 4. The summed E-state index contributed by atoms with van der Waals surface area (Å²) in [4.78, 5) is 11.9. The van der Waals surface area contributed by atoms with Crippen molar-refractivity contribution < 1.29 is 0 Å². The van der Waals surface area contributed by atoms with Crippen LogP contribution in [0.25, 0.3) is 0 Å². The van der Waals surface area contributed by atoms with Crippen molar-refractivity contribution in [2.75, 3.05) is 11.9 Å². The second kappa shape index (κ2) is 6.26. The summed E-state index contributed by atoms with van der Waals surface area (Å²) in [5.41, 5.74) is 1.72. The summed E-state index contributed by atoms with van der Waals surface area (Å²) in [5, 5.41) is 3.94. The molecule has 1 heterocycles. The molecule has 0 spiro atoms. The van der Waals surface area contributed by atoms with Crippen molar-refractivity contribution in [3.8, 4) is 0 Å². The zero-order chi connectivity index (χ0) is 13.8. The number of benzene rings is 1. The lowest BCUT2D eigenvalue weighted by atomic mass is 10.3. The monoisotopic (exact) mass is 340 g/mol. The van der Waals surface area contributed by atoms with Crippen LogP contribution < -0.4 is 10.9 Å². The summed E-state index contributed by atoms with van der Waals surface area (Å²) in [5.74, 6) is 0. The number of anilines is 1. The molecule has 3 nitrogen and oxygen atoms in total. The Bertz CT molecular complexity index is 640. The van der Waals surface area contributed by atoms with E-state index >= 15 is 0 Å². The van der Waals surface area contributed by atoms with Gasteiger partial charge in [-0.2, -0.15) is 0 Å². The lowest BCUT2D eigenvalue weighted by Crippen LogP contribution is -2.24. The molecule has 0 aliphatic rings. The van der Waals surface area contributed by atoms with Crippen LogP contribution in [-0.4, -0.2) is 11.1 Å². The first kappa shape index (κ1) is 14.2. The van der Waals surface area contributed by atoms with Gasteiger partial charge in [0, 0.05) is 40.0 Å². The Morgan fingerprint density at radius 1 is 1.37 bits per heavy atom. The fourth-order valence-corrected chi connectivity index (χ4v) is 2.61. The number of halogens is 2. The third-order valence-corrected chi connectivity index (χ3v) is 3.41. The van der Waals surface area contributed by atoms with Crippen LogP contribution in [0.3, 0.4) is 0 Å². The first-order chi connectivity index (χ1) is 9.06. The quantitative estimate of drug-likeness (QED) is 0.920. The summed E-state index contributed by atoms with van der Waals surface area (Å²) in [6.07, 6.45) is 1.80. The molecule has 2 aromatic rings. The van der Waals surface area contributed by atoms with Crippen molar-refractivity contribution in [3.63, 3.8) is 0 Å². The molecule has 0 unspecified atom stereocenters. The molecule has 19 heavy (non-hydrogen) atoms. The van der Waals surface area contributed by atoms with Gasteiger partial charge >= 0.3 is 0 Å². The minimum atomic E-state index is 0.0381. The summed E-state index contributed by atoms with van der Waals surface area (Å²) < 4.78 is 2.60. The molecule has 0 bridgehead atoms. The highest BCUT2D eigenvalue weighted by molar-refractivity contribution is 9.10. The molecule has 1 aromatic carbocycles. The zero-order valence-corrected chi connectivity index (χ0v) is 12.8. The Morgan fingerprint density at radius 3 is 2.89 bits per heavy atom. The van der Waals surface area contributed by atoms with Crippen molar-refractivity contribution in [1.82, 2.24) is 4.57 Å². The van der Waals surface area contributed by atoms with Crippen molar-refractivity contribution >= 4 is 33.2 Å². The molecule has 1 N–H and O–H groups in total. The van der Waals surface area contributed by atoms with E-state index < -0.39 is 0 Å². The Hall–Kier alpha value is -1.26. The van der Waals surface area contributed by atoms with Crippen LogP contribution in [0.4, 0.5) is 5.69 Å². The first-order valence-corrected chi connectivity index (χ1v) is 7.09. The maximum atomic E-state index is 11.9. The Balaban J connectivity index is 2.02. The fraction of sp³-hybridized carbons (Fsp3) is 0.214. The predicted molar refractivity (Wildman–Crippen MR) is 83.1 cm³/mol. The number of aromatic nitrogens is 1. The van der Waals surface area contributed by atoms with Gasteiger partial charge in [-0.15, -0.1) is 0 Å². The number of nitrogens with zero attached hydrogens (tertiary/aromatic N) is 1. The molecule has 0 saturated carbocycles. The van der Waals surface area contributed by atoms with Crippen LogP contribution in [0, 0.1) is 6.92 Å². The third-order valence-electron chi connectivity index (χ3n) is 2.74. The summed E-state index contributed by atoms with van der Waals surface area (Å²) in [6, 6.07) is 9.34. The zero-order valence-electron chi connectivity index (χ0n) is 10.5. The molecule has 0 aliphatic carbocycles. The highest BCUT2D eigenvalue weighted by Gasteiger charge is 2.01. The smallest absolute Gasteiger partial charge is 0.253 e. The van der Waals surface area contributed by atoms with Gasteiger partial charge in [0.05, 0.1) is 0 Å². The number of hydrogen-bond donors (Lipinski definition) is 1. The van der Waals surface area contributed by atoms with E-state index in [1.165, 1.54) is 0 Å². The van der Waals surface area contributed by atoms with E-state index in [0.29, 0.717) is 18.1 Å². The van der Waals surface area contributed by atoms with Crippen LogP contribution in [-0.2, 0) is 6.54 Å². The van der Waals surface area contributed by atoms with Gasteiger partial charge in [-0.05, 0) is 47.1 Å². The van der Waals surface area contributed by atoms with E-state index in [0.717, 1.165) is 15.7 Å². The molecule has 1 aromatic heterocycles. The van der Waals surface area contributed by atoms with Gasteiger partial charge in [-0.3, -0.25) is 4.79 Å². The lowest BCUT2D eigenvalue weighted by molar-refractivity contribution is 0.690. The van der Waals surface area contributed by atoms with Crippen LogP contribution in [0.15, 0.2) is 45.8 Å². The highest BCUT2D eigenvalue weighted by atomic mass is 79.9. The average molecular weight is 342 g/mol. The van der Waals surface area contributed by atoms with E-state index in [-0.39, 0.29) is 5.56 Å². The minimum absolute atomic E-state index is 0.0381. The molecular weight excluding hydrogens is 328 g/mol. The lowest BCUT2D eigenvalue weighted by Gasteiger charge is -2.10. The highest BCUT2D eigenvalue weighted by Crippen LogP contribution is 2.14. The standard InChI is InChI=1S/C14H14BrClN2O/c1-10-7-11(15)9-18(14(10)19)6-5-17-13-4-2-3-12(16)8-13/h2-4,7-9,17H,5-6H2,1H3. The van der Waals surface area contributed by atoms with Crippen molar-refractivity contribution in [2.45, 2.75) is 13.5 Å². The van der Waals surface area contributed by atoms with Gasteiger partial charge < -0.3 is 9.88 Å². The molecule has 0 saturated heterocycles. The van der Waals surface area contributed by atoms with Gasteiger partial charge in [0.15, 0.2) is 0 Å². The molecule has 0 fully saturated rings. The van der Waals surface area contributed by atoms with Gasteiger partial charge in [-0.25, -0.2) is 0 Å². The largest absolute Gasteiger partial charge is 0.383 e. The maximum absolute atomic E-state index is 11.9. The second-order valence-electron chi connectivity index (χ2n) is 4.28. The predicted octanol–water partition coefficient (Wildman–Crippen LogP) is 3.68. The number of nitrogens with one attached hydrogen (secondary N) is 1. The maximum Gasteiger partial charge on any atom is 0.253 e. The van der Waals surface area contributed by atoms with Gasteiger partial charge in [0.2, 0.25) is 0 Å². The van der Waals surface area contributed by atoms with E-state index in [9.17, 15) is 4.79 Å². The van der Waals surface area contributed by atoms with Crippen LogP contribution in [0.5, 0.6) is 0 Å². The number of pyridine rings is 1. The van der Waals surface area contributed by atoms with Crippen molar-refractivity contribution in [3.05, 3.63) is 61.9 Å². The molecule has 100 valence electrons. The van der Waals surface area contributed by atoms with Crippen molar-refractivity contribution in [1.29, 1.82) is 0 Å². The Labute approximate surface area is 125 Å². The molecule has 0 amide bonds. The molecule has 5 heteroatoms. The van der Waals surface area contributed by atoms with E-state index in [1.807, 2.05) is 37.3 Å². The first-order valence-electron chi connectivity index (χ1n) is 5.92. The van der Waals surface area contributed by atoms with Crippen LogP contribution >= 0.6 is 27.5 Å². The molecule has 0 radical (unpaired) electrons. The van der Waals surface area contributed by atoms with Gasteiger partial charge in [-0.1, -0.05) is 17.7 Å². The summed E-state index contributed by atoms with van der Waals surface area (Å²) >= 11 is 9.30. The topological polar surface area (TPSA) is 34.0 Å². The molecule has 0 atom stereocenters.